The van der Waals surface area contributed by atoms with Crippen LogP contribution in [0.5, 0.6) is 5.75 Å². The van der Waals surface area contributed by atoms with Crippen molar-refractivity contribution in [3.63, 3.8) is 0 Å². The summed E-state index contributed by atoms with van der Waals surface area (Å²) in [5.41, 5.74) is 0.450. The SMILES string of the molecule is CC(C)CNCc1ccc(OCC(C)(O)C(C)C)cc1. The largest absolute Gasteiger partial charge is 0.491 e. The summed E-state index contributed by atoms with van der Waals surface area (Å²) in [5, 5.41) is 13.6. The molecule has 0 fully saturated rings. The highest BCUT2D eigenvalue weighted by Gasteiger charge is 2.25. The number of benzene rings is 1. The summed E-state index contributed by atoms with van der Waals surface area (Å²) in [6, 6.07) is 8.05. The van der Waals surface area contributed by atoms with E-state index in [0.717, 1.165) is 18.8 Å². The maximum absolute atomic E-state index is 10.1. The molecule has 0 bridgehead atoms. The van der Waals surface area contributed by atoms with Gasteiger partial charge in [0.15, 0.2) is 0 Å². The molecule has 1 atom stereocenters. The van der Waals surface area contributed by atoms with E-state index in [0.29, 0.717) is 12.5 Å². The highest BCUT2D eigenvalue weighted by atomic mass is 16.5. The molecule has 3 heteroatoms. The molecule has 0 heterocycles. The Morgan fingerprint density at radius 1 is 1.15 bits per heavy atom. The van der Waals surface area contributed by atoms with Gasteiger partial charge in [0.2, 0.25) is 0 Å². The fourth-order valence-corrected chi connectivity index (χ4v) is 1.60. The van der Waals surface area contributed by atoms with E-state index in [2.05, 4.69) is 31.3 Å². The van der Waals surface area contributed by atoms with E-state index in [9.17, 15) is 5.11 Å². The lowest BCUT2D eigenvalue weighted by Gasteiger charge is -2.27. The third-order valence-electron chi connectivity index (χ3n) is 3.58. The lowest BCUT2D eigenvalue weighted by atomic mass is 9.94. The van der Waals surface area contributed by atoms with Crippen molar-refractivity contribution in [2.75, 3.05) is 13.2 Å². The van der Waals surface area contributed by atoms with Gasteiger partial charge >= 0.3 is 0 Å². The molecule has 0 aromatic heterocycles. The molecule has 2 N–H and O–H groups in total. The first-order chi connectivity index (χ1) is 9.31. The molecule has 3 nitrogen and oxygen atoms in total. The first-order valence-corrected chi connectivity index (χ1v) is 7.46. The molecular formula is C17H29NO2. The lowest BCUT2D eigenvalue weighted by Crippen LogP contribution is -2.37. The van der Waals surface area contributed by atoms with Crippen molar-refractivity contribution in [2.45, 2.75) is 46.8 Å². The molecule has 0 aliphatic carbocycles. The predicted octanol–water partition coefficient (Wildman–Crippen LogP) is 3.22. The third kappa shape index (κ3) is 5.93. The average Bonchev–Trinajstić information content (AvgIpc) is 2.37. The van der Waals surface area contributed by atoms with Gasteiger partial charge in [0.25, 0.3) is 0 Å². The van der Waals surface area contributed by atoms with E-state index in [1.54, 1.807) is 0 Å². The van der Waals surface area contributed by atoms with Crippen molar-refractivity contribution in [3.05, 3.63) is 29.8 Å². The molecule has 0 amide bonds. The van der Waals surface area contributed by atoms with Crippen molar-refractivity contribution >= 4 is 0 Å². The molecule has 1 aromatic carbocycles. The Labute approximate surface area is 123 Å². The van der Waals surface area contributed by atoms with Gasteiger partial charge in [-0.25, -0.2) is 0 Å². The first kappa shape index (κ1) is 17.0. The van der Waals surface area contributed by atoms with Crippen LogP contribution in [0, 0.1) is 11.8 Å². The number of aliphatic hydroxyl groups is 1. The second-order valence-electron chi connectivity index (χ2n) is 6.47. The monoisotopic (exact) mass is 279 g/mol. The number of hydrogen-bond acceptors (Lipinski definition) is 3. The van der Waals surface area contributed by atoms with Crippen LogP contribution in [-0.4, -0.2) is 23.9 Å². The van der Waals surface area contributed by atoms with E-state index in [1.807, 2.05) is 32.9 Å². The molecule has 0 aliphatic heterocycles. The maximum Gasteiger partial charge on any atom is 0.119 e. The van der Waals surface area contributed by atoms with Crippen LogP contribution < -0.4 is 10.1 Å². The zero-order valence-corrected chi connectivity index (χ0v) is 13.4. The van der Waals surface area contributed by atoms with Crippen LogP contribution in [0.25, 0.3) is 0 Å². The Bertz CT molecular complexity index is 382. The standard InChI is InChI=1S/C17H29NO2/c1-13(2)10-18-11-15-6-8-16(9-7-15)20-12-17(5,19)14(3)4/h6-9,13-14,18-19H,10-12H2,1-5H3. The van der Waals surface area contributed by atoms with Crippen LogP contribution in [0.2, 0.25) is 0 Å². The molecule has 0 aliphatic rings. The Kier molecular flexibility index (Phi) is 6.50. The Hall–Kier alpha value is -1.06. The zero-order chi connectivity index (χ0) is 15.2. The van der Waals surface area contributed by atoms with Crippen molar-refractivity contribution in [3.8, 4) is 5.75 Å². The minimum absolute atomic E-state index is 0.169. The number of hydrogen-bond donors (Lipinski definition) is 2. The maximum atomic E-state index is 10.1. The summed E-state index contributed by atoms with van der Waals surface area (Å²) in [6.07, 6.45) is 0. The minimum Gasteiger partial charge on any atom is -0.491 e. The fourth-order valence-electron chi connectivity index (χ4n) is 1.60. The van der Waals surface area contributed by atoms with Gasteiger partial charge in [-0.15, -0.1) is 0 Å². The van der Waals surface area contributed by atoms with E-state index >= 15 is 0 Å². The summed E-state index contributed by atoms with van der Waals surface area (Å²) < 4.78 is 5.66. The fraction of sp³-hybridized carbons (Fsp3) is 0.647. The van der Waals surface area contributed by atoms with Crippen LogP contribution in [-0.2, 0) is 6.54 Å². The van der Waals surface area contributed by atoms with Gasteiger partial charge in [-0.1, -0.05) is 39.8 Å². The molecule has 0 spiro atoms. The van der Waals surface area contributed by atoms with Crippen LogP contribution in [0.1, 0.15) is 40.2 Å². The van der Waals surface area contributed by atoms with Crippen LogP contribution in [0.4, 0.5) is 0 Å². The Morgan fingerprint density at radius 2 is 1.75 bits per heavy atom. The molecular weight excluding hydrogens is 250 g/mol. The molecule has 1 rings (SSSR count). The van der Waals surface area contributed by atoms with Crippen LogP contribution in [0.3, 0.4) is 0 Å². The average molecular weight is 279 g/mol. The summed E-state index contributed by atoms with van der Waals surface area (Å²) in [7, 11) is 0. The van der Waals surface area contributed by atoms with Gasteiger partial charge in [0, 0.05) is 6.54 Å². The molecule has 114 valence electrons. The van der Waals surface area contributed by atoms with E-state index in [1.165, 1.54) is 5.56 Å². The van der Waals surface area contributed by atoms with E-state index in [-0.39, 0.29) is 5.92 Å². The smallest absolute Gasteiger partial charge is 0.119 e. The Balaban J connectivity index is 2.43. The minimum atomic E-state index is -0.794. The van der Waals surface area contributed by atoms with Crippen LogP contribution >= 0.6 is 0 Å². The van der Waals surface area contributed by atoms with Crippen molar-refractivity contribution in [1.29, 1.82) is 0 Å². The molecule has 0 radical (unpaired) electrons. The second kappa shape index (κ2) is 7.65. The summed E-state index contributed by atoms with van der Waals surface area (Å²) in [4.78, 5) is 0. The summed E-state index contributed by atoms with van der Waals surface area (Å²) in [6.45, 7) is 12.4. The number of nitrogens with one attached hydrogen (secondary N) is 1. The summed E-state index contributed by atoms with van der Waals surface area (Å²) >= 11 is 0. The first-order valence-electron chi connectivity index (χ1n) is 7.46. The third-order valence-corrected chi connectivity index (χ3v) is 3.58. The molecule has 1 aromatic rings. The Morgan fingerprint density at radius 3 is 2.25 bits per heavy atom. The van der Waals surface area contributed by atoms with E-state index < -0.39 is 5.60 Å². The molecule has 0 saturated carbocycles. The molecule has 0 saturated heterocycles. The quantitative estimate of drug-likeness (QED) is 0.767. The lowest BCUT2D eigenvalue weighted by molar-refractivity contribution is -0.0266. The van der Waals surface area contributed by atoms with Crippen molar-refractivity contribution in [1.82, 2.24) is 5.32 Å². The van der Waals surface area contributed by atoms with Crippen LogP contribution in [0.15, 0.2) is 24.3 Å². The highest BCUT2D eigenvalue weighted by molar-refractivity contribution is 5.27. The van der Waals surface area contributed by atoms with Gasteiger partial charge in [-0.05, 0) is 43.0 Å². The topological polar surface area (TPSA) is 41.5 Å². The normalized spacial score (nSPS) is 14.6. The van der Waals surface area contributed by atoms with Gasteiger partial charge in [-0.3, -0.25) is 0 Å². The summed E-state index contributed by atoms with van der Waals surface area (Å²) in [5.74, 6) is 1.64. The van der Waals surface area contributed by atoms with Gasteiger partial charge < -0.3 is 15.2 Å². The highest BCUT2D eigenvalue weighted by Crippen LogP contribution is 2.19. The molecule has 1 unspecified atom stereocenters. The van der Waals surface area contributed by atoms with Gasteiger partial charge in [-0.2, -0.15) is 0 Å². The zero-order valence-electron chi connectivity index (χ0n) is 13.4. The van der Waals surface area contributed by atoms with Crippen molar-refractivity contribution in [2.24, 2.45) is 11.8 Å². The van der Waals surface area contributed by atoms with Gasteiger partial charge in [0.1, 0.15) is 12.4 Å². The predicted molar refractivity (Wildman–Crippen MR) is 83.9 cm³/mol. The second-order valence-corrected chi connectivity index (χ2v) is 6.47. The number of ether oxygens (including phenoxy) is 1. The molecule has 20 heavy (non-hydrogen) atoms. The van der Waals surface area contributed by atoms with Crippen molar-refractivity contribution < 1.29 is 9.84 Å². The van der Waals surface area contributed by atoms with E-state index in [4.69, 9.17) is 4.74 Å². The number of rotatable bonds is 8. The van der Waals surface area contributed by atoms with Gasteiger partial charge in [0.05, 0.1) is 5.60 Å².